The van der Waals surface area contributed by atoms with Gasteiger partial charge in [0.2, 0.25) is 5.95 Å². The molecule has 0 atom stereocenters. The lowest BCUT2D eigenvalue weighted by Gasteiger charge is -1.96. The van der Waals surface area contributed by atoms with Gasteiger partial charge < -0.3 is 0 Å². The zero-order valence-electron chi connectivity index (χ0n) is 13.2. The van der Waals surface area contributed by atoms with Gasteiger partial charge in [-0.2, -0.15) is 4.98 Å². The Balaban J connectivity index is 1.66. The Morgan fingerprint density at radius 1 is 1.23 bits per heavy atom. The van der Waals surface area contributed by atoms with E-state index in [0.29, 0.717) is 17.0 Å². The molecule has 0 fully saturated rings. The number of halogens is 1. The summed E-state index contributed by atoms with van der Waals surface area (Å²) in [5.41, 5.74) is 1.06. The summed E-state index contributed by atoms with van der Waals surface area (Å²) in [6.45, 7) is 0. The molecule has 0 aliphatic carbocycles. The van der Waals surface area contributed by atoms with Crippen molar-refractivity contribution in [1.29, 1.82) is 0 Å². The highest BCUT2D eigenvalue weighted by Crippen LogP contribution is 2.17. The predicted molar refractivity (Wildman–Crippen MR) is 92.5 cm³/mol. The Labute approximate surface area is 146 Å². The first kappa shape index (κ1) is 17.0. The monoisotopic (exact) mass is 353 g/mol. The summed E-state index contributed by atoms with van der Waals surface area (Å²) in [5.74, 6) is -0.435. The molecule has 3 rings (SSSR count). The van der Waals surface area contributed by atoms with Crippen LogP contribution in [0.2, 0.25) is 0 Å². The number of anilines is 1. The van der Waals surface area contributed by atoms with Crippen LogP contribution in [0.4, 0.5) is 16.0 Å². The number of non-ortho nitro benzene ring substituents is 1. The van der Waals surface area contributed by atoms with Gasteiger partial charge in [-0.25, -0.2) is 4.39 Å². The summed E-state index contributed by atoms with van der Waals surface area (Å²) >= 11 is 0. The molecule has 0 aliphatic rings. The number of nitrogens with one attached hydrogen (secondary N) is 2. The number of H-pyrrole nitrogens is 1. The minimum absolute atomic E-state index is 0.0537. The molecule has 0 unspecified atom stereocenters. The Bertz CT molecular complexity index is 982. The number of aromatic nitrogens is 3. The molecular weight excluding hydrogens is 341 g/mol. The van der Waals surface area contributed by atoms with Crippen LogP contribution in [0.1, 0.15) is 5.56 Å². The van der Waals surface area contributed by atoms with E-state index >= 15 is 0 Å². The fourth-order valence-corrected chi connectivity index (χ4v) is 2.12. The standard InChI is InChI=1S/C17H12FN5O3/c18-13-7-5-12(6-8-13)16-20-17(22-21-16)19-15(24)9-4-11-2-1-3-14(10-11)23(25)26/h1-10H,(H2,19,20,21,22,24). The number of hydrogen-bond donors (Lipinski definition) is 2. The minimum Gasteiger partial charge on any atom is -0.290 e. The molecule has 0 saturated carbocycles. The van der Waals surface area contributed by atoms with Crippen LogP contribution in [-0.2, 0) is 4.79 Å². The molecule has 3 aromatic rings. The van der Waals surface area contributed by atoms with Gasteiger partial charge in [-0.05, 0) is 35.9 Å². The second-order valence-corrected chi connectivity index (χ2v) is 5.19. The molecule has 2 N–H and O–H groups in total. The topological polar surface area (TPSA) is 114 Å². The molecule has 0 spiro atoms. The predicted octanol–water partition coefficient (Wildman–Crippen LogP) is 3.17. The molecule has 9 heteroatoms. The van der Waals surface area contributed by atoms with Gasteiger partial charge in [0.25, 0.3) is 11.6 Å². The summed E-state index contributed by atoms with van der Waals surface area (Å²) < 4.78 is 12.9. The van der Waals surface area contributed by atoms with Crippen LogP contribution in [0.15, 0.2) is 54.6 Å². The van der Waals surface area contributed by atoms with Crippen LogP contribution in [-0.4, -0.2) is 26.0 Å². The highest BCUT2D eigenvalue weighted by molar-refractivity contribution is 6.01. The largest absolute Gasteiger partial charge is 0.290 e. The van der Waals surface area contributed by atoms with Crippen molar-refractivity contribution >= 4 is 23.6 Å². The van der Waals surface area contributed by atoms with Gasteiger partial charge >= 0.3 is 0 Å². The van der Waals surface area contributed by atoms with E-state index in [2.05, 4.69) is 20.5 Å². The molecule has 26 heavy (non-hydrogen) atoms. The lowest BCUT2D eigenvalue weighted by molar-refractivity contribution is -0.384. The summed E-state index contributed by atoms with van der Waals surface area (Å²) in [6, 6.07) is 11.5. The number of carbonyl (C=O) groups is 1. The van der Waals surface area contributed by atoms with Crippen molar-refractivity contribution in [3.8, 4) is 11.4 Å². The van der Waals surface area contributed by atoms with Gasteiger partial charge in [-0.1, -0.05) is 12.1 Å². The van der Waals surface area contributed by atoms with Crippen LogP contribution >= 0.6 is 0 Å². The van der Waals surface area contributed by atoms with Gasteiger partial charge in [-0.15, -0.1) is 5.10 Å². The summed E-state index contributed by atoms with van der Waals surface area (Å²) in [5, 5.41) is 19.7. The number of carbonyl (C=O) groups excluding carboxylic acids is 1. The van der Waals surface area contributed by atoms with E-state index in [1.165, 1.54) is 54.6 Å². The van der Waals surface area contributed by atoms with E-state index in [9.17, 15) is 19.3 Å². The molecule has 2 aromatic carbocycles. The lowest BCUT2D eigenvalue weighted by atomic mass is 10.2. The van der Waals surface area contributed by atoms with Gasteiger partial charge in [0.1, 0.15) is 5.82 Å². The molecule has 0 bridgehead atoms. The number of hydrogen-bond acceptors (Lipinski definition) is 5. The van der Waals surface area contributed by atoms with E-state index in [1.807, 2.05) is 0 Å². The second kappa shape index (κ2) is 7.34. The lowest BCUT2D eigenvalue weighted by Crippen LogP contribution is -2.09. The summed E-state index contributed by atoms with van der Waals surface area (Å²) in [7, 11) is 0. The van der Waals surface area contributed by atoms with E-state index < -0.39 is 10.8 Å². The number of rotatable bonds is 5. The molecule has 1 amide bonds. The summed E-state index contributed by atoms with van der Waals surface area (Å²) in [6.07, 6.45) is 2.66. The maximum Gasteiger partial charge on any atom is 0.270 e. The molecule has 1 heterocycles. The van der Waals surface area contributed by atoms with Gasteiger partial charge in [0, 0.05) is 23.8 Å². The zero-order valence-corrected chi connectivity index (χ0v) is 13.2. The number of nitro benzene ring substituents is 1. The highest BCUT2D eigenvalue weighted by atomic mass is 19.1. The fraction of sp³-hybridized carbons (Fsp3) is 0. The SMILES string of the molecule is O=C(C=Cc1cccc([N+](=O)[O-])c1)Nc1n[nH]c(-c2ccc(F)cc2)n1. The third-order valence-electron chi connectivity index (χ3n) is 3.35. The van der Waals surface area contributed by atoms with Crippen molar-refractivity contribution in [2.75, 3.05) is 5.32 Å². The average Bonchev–Trinajstić information content (AvgIpc) is 3.09. The van der Waals surface area contributed by atoms with Crippen molar-refractivity contribution in [2.24, 2.45) is 0 Å². The Hall–Kier alpha value is -3.88. The van der Waals surface area contributed by atoms with E-state index in [-0.39, 0.29) is 17.5 Å². The van der Waals surface area contributed by atoms with Crippen LogP contribution in [0, 0.1) is 15.9 Å². The van der Waals surface area contributed by atoms with Crippen LogP contribution in [0.25, 0.3) is 17.5 Å². The highest BCUT2D eigenvalue weighted by Gasteiger charge is 2.08. The van der Waals surface area contributed by atoms with Crippen molar-refractivity contribution in [3.05, 3.63) is 76.1 Å². The maximum atomic E-state index is 12.9. The van der Waals surface area contributed by atoms with Crippen LogP contribution < -0.4 is 5.32 Å². The van der Waals surface area contributed by atoms with E-state index in [4.69, 9.17) is 0 Å². The van der Waals surface area contributed by atoms with Crippen molar-refractivity contribution < 1.29 is 14.1 Å². The molecule has 0 radical (unpaired) electrons. The first-order chi connectivity index (χ1) is 12.5. The molecular formula is C17H12FN5O3. The molecule has 8 nitrogen and oxygen atoms in total. The van der Waals surface area contributed by atoms with Crippen LogP contribution in [0.5, 0.6) is 0 Å². The smallest absolute Gasteiger partial charge is 0.270 e. The maximum absolute atomic E-state index is 12.9. The van der Waals surface area contributed by atoms with E-state index in [0.717, 1.165) is 0 Å². The van der Waals surface area contributed by atoms with Gasteiger partial charge in [0.15, 0.2) is 5.82 Å². The minimum atomic E-state index is -0.512. The quantitative estimate of drug-likeness (QED) is 0.415. The Kier molecular flexibility index (Phi) is 4.79. The number of nitro groups is 1. The fourth-order valence-electron chi connectivity index (χ4n) is 2.12. The van der Waals surface area contributed by atoms with Gasteiger partial charge in [0.05, 0.1) is 4.92 Å². The zero-order chi connectivity index (χ0) is 18.5. The van der Waals surface area contributed by atoms with Crippen molar-refractivity contribution in [1.82, 2.24) is 15.2 Å². The second-order valence-electron chi connectivity index (χ2n) is 5.19. The van der Waals surface area contributed by atoms with Crippen molar-refractivity contribution in [3.63, 3.8) is 0 Å². The Morgan fingerprint density at radius 2 is 2.00 bits per heavy atom. The van der Waals surface area contributed by atoms with Gasteiger partial charge in [-0.3, -0.25) is 25.3 Å². The molecule has 0 aliphatic heterocycles. The molecule has 0 saturated heterocycles. The average molecular weight is 353 g/mol. The summed E-state index contributed by atoms with van der Waals surface area (Å²) in [4.78, 5) is 26.2. The number of benzene rings is 2. The third kappa shape index (κ3) is 4.15. The third-order valence-corrected chi connectivity index (χ3v) is 3.35. The normalized spacial score (nSPS) is 10.8. The number of nitrogens with zero attached hydrogens (tertiary/aromatic N) is 3. The van der Waals surface area contributed by atoms with Crippen molar-refractivity contribution in [2.45, 2.75) is 0 Å². The molecule has 1 aromatic heterocycles. The number of aromatic amines is 1. The Morgan fingerprint density at radius 3 is 2.73 bits per heavy atom. The number of amides is 1. The first-order valence-corrected chi connectivity index (χ1v) is 7.43. The molecule has 130 valence electrons. The van der Waals surface area contributed by atoms with E-state index in [1.54, 1.807) is 6.07 Å². The first-order valence-electron chi connectivity index (χ1n) is 7.43. The van der Waals surface area contributed by atoms with Crippen LogP contribution in [0.3, 0.4) is 0 Å².